The van der Waals surface area contributed by atoms with Crippen LogP contribution in [0.2, 0.25) is 0 Å². The maximum absolute atomic E-state index is 13.1. The molecule has 0 aromatic heterocycles. The van der Waals surface area contributed by atoms with Gasteiger partial charge in [0.2, 0.25) is 0 Å². The molecule has 0 spiro atoms. The number of carboxylic acids is 1. The Morgan fingerprint density at radius 2 is 1.90 bits per heavy atom. The van der Waals surface area contributed by atoms with E-state index in [1.165, 1.54) is 17.0 Å². The fourth-order valence-electron chi connectivity index (χ4n) is 1.78. The van der Waals surface area contributed by atoms with Crippen LogP contribution >= 0.6 is 15.9 Å². The first-order valence-electron chi connectivity index (χ1n) is 6.09. The van der Waals surface area contributed by atoms with Gasteiger partial charge in [-0.25, -0.2) is 0 Å². The molecule has 0 amide bonds. The van der Waals surface area contributed by atoms with Gasteiger partial charge in [0.15, 0.2) is 0 Å². The summed E-state index contributed by atoms with van der Waals surface area (Å²) >= 11 is 3.01. The monoisotopic (exact) mass is 368 g/mol. The van der Waals surface area contributed by atoms with Crippen molar-refractivity contribution in [3.8, 4) is 0 Å². The van der Waals surface area contributed by atoms with E-state index in [1.807, 2.05) is 0 Å². The number of hydrogen-bond acceptors (Lipinski definition) is 3. The van der Waals surface area contributed by atoms with Crippen LogP contribution in [0.1, 0.15) is 5.56 Å². The van der Waals surface area contributed by atoms with Gasteiger partial charge in [-0.3, -0.25) is 4.79 Å². The van der Waals surface area contributed by atoms with Crippen molar-refractivity contribution in [2.24, 2.45) is 0 Å². The molecule has 1 aromatic carbocycles. The van der Waals surface area contributed by atoms with Gasteiger partial charge in [-0.1, -0.05) is 15.9 Å². The van der Waals surface area contributed by atoms with Crippen molar-refractivity contribution in [3.63, 3.8) is 0 Å². The maximum atomic E-state index is 13.1. The van der Waals surface area contributed by atoms with Gasteiger partial charge in [0, 0.05) is 23.2 Å². The van der Waals surface area contributed by atoms with Crippen LogP contribution in [-0.2, 0) is 11.0 Å². The summed E-state index contributed by atoms with van der Waals surface area (Å²) in [6.07, 6.45) is -4.55. The van der Waals surface area contributed by atoms with Gasteiger partial charge >= 0.3 is 12.1 Å². The molecule has 0 aliphatic carbocycles. The van der Waals surface area contributed by atoms with Crippen LogP contribution in [0.3, 0.4) is 0 Å². The Kier molecular flexibility index (Phi) is 6.03. The Morgan fingerprint density at radius 3 is 2.38 bits per heavy atom. The molecule has 0 unspecified atom stereocenters. The summed E-state index contributed by atoms with van der Waals surface area (Å²) in [4.78, 5) is 13.9. The quantitative estimate of drug-likeness (QED) is 0.838. The number of anilines is 1. The first kappa shape index (κ1) is 17.8. The number of hydrogen-bond donors (Lipinski definition) is 1. The number of aliphatic carboxylic acids is 1. The average Bonchev–Trinajstić information content (AvgIpc) is 2.33. The molecule has 0 saturated carbocycles. The minimum absolute atomic E-state index is 0.130. The Bertz CT molecular complexity index is 507. The Hall–Kier alpha value is -1.28. The van der Waals surface area contributed by atoms with Gasteiger partial charge in [0.1, 0.15) is 6.54 Å². The summed E-state index contributed by atoms with van der Waals surface area (Å²) in [5.74, 6) is -1.18. The first-order chi connectivity index (χ1) is 9.61. The van der Waals surface area contributed by atoms with Crippen molar-refractivity contribution in [1.82, 2.24) is 4.90 Å². The van der Waals surface area contributed by atoms with Crippen molar-refractivity contribution in [2.75, 3.05) is 38.6 Å². The van der Waals surface area contributed by atoms with E-state index < -0.39 is 24.3 Å². The highest BCUT2D eigenvalue weighted by Crippen LogP contribution is 2.38. The molecule has 0 radical (unpaired) electrons. The number of benzene rings is 1. The molecule has 0 atom stereocenters. The first-order valence-corrected chi connectivity index (χ1v) is 6.88. The van der Waals surface area contributed by atoms with E-state index in [1.54, 1.807) is 19.0 Å². The van der Waals surface area contributed by atoms with Crippen LogP contribution in [0, 0.1) is 0 Å². The number of rotatable bonds is 6. The molecule has 0 aliphatic heterocycles. The summed E-state index contributed by atoms with van der Waals surface area (Å²) < 4.78 is 39.7. The average molecular weight is 369 g/mol. The highest BCUT2D eigenvalue weighted by molar-refractivity contribution is 9.10. The van der Waals surface area contributed by atoms with E-state index in [2.05, 4.69) is 15.9 Å². The molecule has 8 heteroatoms. The fraction of sp³-hybridized carbons (Fsp3) is 0.462. The predicted octanol–water partition coefficient (Wildman–Crippen LogP) is 2.92. The molecule has 118 valence electrons. The van der Waals surface area contributed by atoms with Gasteiger partial charge < -0.3 is 14.9 Å². The number of carbonyl (C=O) groups is 1. The van der Waals surface area contributed by atoms with E-state index in [9.17, 15) is 18.0 Å². The van der Waals surface area contributed by atoms with Gasteiger partial charge in [-0.2, -0.15) is 13.2 Å². The third-order valence-electron chi connectivity index (χ3n) is 2.75. The lowest BCUT2D eigenvalue weighted by atomic mass is 10.1. The van der Waals surface area contributed by atoms with Crippen LogP contribution in [0.4, 0.5) is 18.9 Å². The predicted molar refractivity (Wildman–Crippen MR) is 77.5 cm³/mol. The molecule has 0 bridgehead atoms. The molecule has 0 fully saturated rings. The van der Waals surface area contributed by atoms with Crippen LogP contribution < -0.4 is 4.90 Å². The summed E-state index contributed by atoms with van der Waals surface area (Å²) in [5, 5.41) is 8.91. The zero-order valence-electron chi connectivity index (χ0n) is 11.6. The van der Waals surface area contributed by atoms with Crippen LogP contribution in [0.15, 0.2) is 22.7 Å². The molecule has 0 heterocycles. The van der Waals surface area contributed by atoms with Gasteiger partial charge in [0.05, 0.1) is 5.56 Å². The molecule has 4 nitrogen and oxygen atoms in total. The summed E-state index contributed by atoms with van der Waals surface area (Å²) in [5.41, 5.74) is -0.980. The fourth-order valence-corrected chi connectivity index (χ4v) is 2.14. The molecule has 1 aromatic rings. The second-order valence-electron chi connectivity index (χ2n) is 4.78. The third-order valence-corrected chi connectivity index (χ3v) is 3.24. The molecule has 0 saturated heterocycles. The van der Waals surface area contributed by atoms with Gasteiger partial charge in [-0.15, -0.1) is 0 Å². The smallest absolute Gasteiger partial charge is 0.418 e. The molecular weight excluding hydrogens is 353 g/mol. The SMILES string of the molecule is CN(C)CCN(CC(=O)O)c1ccc(Br)cc1C(F)(F)F. The van der Waals surface area contributed by atoms with E-state index in [0.717, 1.165) is 6.07 Å². The lowest BCUT2D eigenvalue weighted by Crippen LogP contribution is -2.36. The van der Waals surface area contributed by atoms with Crippen LogP contribution in [0.25, 0.3) is 0 Å². The van der Waals surface area contributed by atoms with Gasteiger partial charge in [0.25, 0.3) is 0 Å². The second kappa shape index (κ2) is 7.13. The molecule has 1 N–H and O–H groups in total. The van der Waals surface area contributed by atoms with E-state index >= 15 is 0 Å². The number of likely N-dealkylation sites (N-methyl/N-ethyl adjacent to an activating group) is 1. The zero-order chi connectivity index (χ0) is 16.2. The standard InChI is InChI=1S/C13H16BrF3N2O2/c1-18(2)5-6-19(8-12(20)21)11-4-3-9(14)7-10(11)13(15,16)17/h3-4,7H,5-6,8H2,1-2H3,(H,20,21). The largest absolute Gasteiger partial charge is 0.480 e. The number of nitrogens with zero attached hydrogens (tertiary/aromatic N) is 2. The summed E-state index contributed by atoms with van der Waals surface area (Å²) in [6, 6.07) is 3.71. The molecule has 1 rings (SSSR count). The molecule has 0 aliphatic rings. The minimum atomic E-state index is -4.55. The van der Waals surface area contributed by atoms with Crippen LogP contribution in [0.5, 0.6) is 0 Å². The minimum Gasteiger partial charge on any atom is -0.480 e. The zero-order valence-corrected chi connectivity index (χ0v) is 13.2. The van der Waals surface area contributed by atoms with Crippen molar-refractivity contribution in [2.45, 2.75) is 6.18 Å². The van der Waals surface area contributed by atoms with Crippen molar-refractivity contribution in [3.05, 3.63) is 28.2 Å². The highest BCUT2D eigenvalue weighted by Gasteiger charge is 2.35. The molecular formula is C13H16BrF3N2O2. The second-order valence-corrected chi connectivity index (χ2v) is 5.69. The van der Waals surface area contributed by atoms with E-state index in [-0.39, 0.29) is 12.2 Å². The number of halogens is 4. The van der Waals surface area contributed by atoms with Crippen molar-refractivity contribution < 1.29 is 23.1 Å². The van der Waals surface area contributed by atoms with Crippen LogP contribution in [-0.4, -0.2) is 49.7 Å². The van der Waals surface area contributed by atoms with Gasteiger partial charge in [-0.05, 0) is 32.3 Å². The summed E-state index contributed by atoms with van der Waals surface area (Å²) in [7, 11) is 3.54. The highest BCUT2D eigenvalue weighted by atomic mass is 79.9. The number of carboxylic acid groups (broad SMARTS) is 1. The van der Waals surface area contributed by atoms with Crippen molar-refractivity contribution >= 4 is 27.6 Å². The maximum Gasteiger partial charge on any atom is 0.418 e. The topological polar surface area (TPSA) is 43.8 Å². The lowest BCUT2D eigenvalue weighted by molar-refractivity contribution is -0.138. The Morgan fingerprint density at radius 1 is 1.29 bits per heavy atom. The summed E-state index contributed by atoms with van der Waals surface area (Å²) in [6.45, 7) is 0.142. The lowest BCUT2D eigenvalue weighted by Gasteiger charge is -2.27. The normalized spacial score (nSPS) is 11.8. The third kappa shape index (κ3) is 5.55. The Labute approximate surface area is 129 Å². The number of alkyl halides is 3. The molecule has 21 heavy (non-hydrogen) atoms. The van der Waals surface area contributed by atoms with E-state index in [0.29, 0.717) is 11.0 Å². The van der Waals surface area contributed by atoms with Crippen molar-refractivity contribution in [1.29, 1.82) is 0 Å². The van der Waals surface area contributed by atoms with E-state index in [4.69, 9.17) is 5.11 Å². The Balaban J connectivity index is 3.19.